The predicted molar refractivity (Wildman–Crippen MR) is 255 cm³/mol. The normalized spacial score (nSPS) is 22.7. The number of carbonyl (C=O) groups excluding carboxylic acids is 3. The van der Waals surface area contributed by atoms with Gasteiger partial charge in [-0.05, 0) is 20.0 Å². The minimum absolute atomic E-state index is 0.00796. The molecule has 3 aliphatic heterocycles. The minimum atomic E-state index is -5.63. The maximum atomic E-state index is 15.7. The van der Waals surface area contributed by atoms with Crippen molar-refractivity contribution in [2.45, 2.75) is 63.9 Å². The molecule has 6 heterocycles. The Labute approximate surface area is 417 Å². The summed E-state index contributed by atoms with van der Waals surface area (Å²) in [7, 11) is -14.6. The number of nitrogens with two attached hydrogens (primary N) is 1. The van der Waals surface area contributed by atoms with Crippen LogP contribution in [0.1, 0.15) is 49.8 Å². The molecule has 3 aromatic heterocycles. The predicted octanol–water partition coefficient (Wildman–Crippen LogP) is 0.138. The van der Waals surface area contributed by atoms with Crippen LogP contribution >= 0.6 is 35.2 Å². The number of piperazine rings is 1. The van der Waals surface area contributed by atoms with Crippen molar-refractivity contribution in [2.75, 3.05) is 82.5 Å². The molecule has 2 fully saturated rings. The molecule has 402 valence electrons. The molecule has 8 atom stereocenters. The van der Waals surface area contributed by atoms with E-state index in [1.54, 1.807) is 4.57 Å². The molecule has 10 N–H and O–H groups in total. The molecule has 8 unspecified atom stereocenters. The first-order valence-corrected chi connectivity index (χ1v) is 27.7. The summed E-state index contributed by atoms with van der Waals surface area (Å²) in [6.07, 6.45) is -5.79. The summed E-state index contributed by atoms with van der Waals surface area (Å²) in [5, 5.41) is 26.0. The number of fused-ring (bicyclic) bond motifs is 1. The zero-order valence-corrected chi connectivity index (χ0v) is 42.9. The Bertz CT molecular complexity index is 2960. The van der Waals surface area contributed by atoms with E-state index in [1.165, 1.54) is 20.0 Å². The fourth-order valence-electron chi connectivity index (χ4n) is 8.03. The quantitative estimate of drug-likeness (QED) is 0.0396. The second kappa shape index (κ2) is 22.4. The van der Waals surface area contributed by atoms with E-state index in [4.69, 9.17) is 24.3 Å². The van der Waals surface area contributed by atoms with Gasteiger partial charge in [0.2, 0.25) is 22.4 Å². The molecule has 1 aromatic carbocycles. The Morgan fingerprint density at radius 1 is 1.03 bits per heavy atom. The van der Waals surface area contributed by atoms with Crippen molar-refractivity contribution in [3.8, 4) is 5.75 Å². The molecule has 2 saturated heterocycles. The first-order valence-electron chi connectivity index (χ1n) is 22.2. The standard InChI is InChI=1S/C39H54FN10O19P3S/c1-20-15-64-32-27-21(13-23(40)28(32)48-10-8-47(4)9-11-48)29(52)22(14-49(20)27)38(56)73-12-7-42-25(51)5-6-43-36(55)33(54)39(2,3)17-66-72(62,63)69-71(60,61)65-16-24-31(68-70(57,58)59)30(53)37(67-24)50-19-46-26-34(41)44-18-45-35(26)50/h13-14,18-20,24,30-31,33,37,53-54H,5-12,15-17H2,1-4H3,(H,42,51)(H,43,55)(H,60,61)(H,62,63)(H2,41,44,45)(H2,57,58,59). The van der Waals surface area contributed by atoms with Crippen molar-refractivity contribution in [1.82, 2.24) is 39.6 Å². The number of rotatable bonds is 21. The summed E-state index contributed by atoms with van der Waals surface area (Å²) in [4.78, 5) is 108. The third kappa shape index (κ3) is 13.1. The highest BCUT2D eigenvalue weighted by molar-refractivity contribution is 8.14. The zero-order valence-electron chi connectivity index (χ0n) is 39.4. The molecule has 0 radical (unpaired) electrons. The number of carbonyl (C=O) groups is 3. The third-order valence-corrected chi connectivity index (χ3v) is 15.9. The van der Waals surface area contributed by atoms with Gasteiger partial charge in [0.1, 0.15) is 48.6 Å². The lowest BCUT2D eigenvalue weighted by Gasteiger charge is -2.37. The lowest BCUT2D eigenvalue weighted by Crippen LogP contribution is -2.46. The molecule has 4 aromatic rings. The van der Waals surface area contributed by atoms with E-state index < -0.39 is 101 Å². The molecule has 34 heteroatoms. The number of thioether (sulfide) groups is 1. The van der Waals surface area contributed by atoms with Crippen LogP contribution in [0.4, 0.5) is 15.9 Å². The topological polar surface area (TPSA) is 401 Å². The van der Waals surface area contributed by atoms with Crippen LogP contribution in [0.15, 0.2) is 29.7 Å². The Hall–Kier alpha value is -4.52. The molecule has 7 rings (SSSR count). The van der Waals surface area contributed by atoms with Crippen LogP contribution in [0, 0.1) is 11.2 Å². The highest BCUT2D eigenvalue weighted by atomic mass is 32.2. The van der Waals surface area contributed by atoms with Gasteiger partial charge in [0.05, 0.1) is 42.0 Å². The molecule has 3 aliphatic rings. The van der Waals surface area contributed by atoms with E-state index in [-0.39, 0.29) is 77.3 Å². The summed E-state index contributed by atoms with van der Waals surface area (Å²) >= 11 is 0.768. The summed E-state index contributed by atoms with van der Waals surface area (Å²) in [6.45, 7) is 4.62. The van der Waals surface area contributed by atoms with Crippen LogP contribution in [0.25, 0.3) is 22.1 Å². The van der Waals surface area contributed by atoms with Gasteiger partial charge in [0, 0.05) is 63.1 Å². The van der Waals surface area contributed by atoms with Crippen LogP contribution in [-0.4, -0.2) is 172 Å². The number of nitrogen functional groups attached to an aromatic ring is 1. The minimum Gasteiger partial charge on any atom is -0.487 e. The second-order valence-electron chi connectivity index (χ2n) is 17.9. The number of imidazole rings is 1. The number of likely N-dealkylation sites (N-methyl/N-ethyl adjacent to an activating group) is 1. The van der Waals surface area contributed by atoms with E-state index in [1.807, 2.05) is 18.9 Å². The molecule has 0 saturated carbocycles. The van der Waals surface area contributed by atoms with Gasteiger partial charge in [-0.25, -0.2) is 33.0 Å². The van der Waals surface area contributed by atoms with Crippen molar-refractivity contribution in [3.05, 3.63) is 46.5 Å². The van der Waals surface area contributed by atoms with E-state index in [0.29, 0.717) is 31.7 Å². The van der Waals surface area contributed by atoms with Crippen LogP contribution in [0.3, 0.4) is 0 Å². The maximum absolute atomic E-state index is 15.7. The average molecular weight is 1110 g/mol. The number of nitrogens with one attached hydrogen (secondary N) is 2. The van der Waals surface area contributed by atoms with Gasteiger partial charge < -0.3 is 70.0 Å². The van der Waals surface area contributed by atoms with Crippen LogP contribution < -0.4 is 31.4 Å². The first kappa shape index (κ1) is 56.2. The first-order chi connectivity index (χ1) is 34.2. The van der Waals surface area contributed by atoms with Gasteiger partial charge in [-0.2, -0.15) is 4.31 Å². The van der Waals surface area contributed by atoms with Crippen LogP contribution in [-0.2, 0) is 45.9 Å². The van der Waals surface area contributed by atoms with E-state index in [0.717, 1.165) is 35.0 Å². The Balaban J connectivity index is 0.845. The van der Waals surface area contributed by atoms with Gasteiger partial charge in [0.25, 0.3) is 0 Å². The molecule has 29 nitrogen and oxygen atoms in total. The van der Waals surface area contributed by atoms with Gasteiger partial charge in [0.15, 0.2) is 29.3 Å². The lowest BCUT2D eigenvalue weighted by atomic mass is 9.87. The number of phosphoric acid groups is 3. The Kier molecular flexibility index (Phi) is 17.2. The fourth-order valence-corrected chi connectivity index (χ4v) is 11.6. The number of benzene rings is 1. The van der Waals surface area contributed by atoms with Crippen molar-refractivity contribution in [2.24, 2.45) is 5.41 Å². The molecule has 73 heavy (non-hydrogen) atoms. The molecule has 0 spiro atoms. The summed E-state index contributed by atoms with van der Waals surface area (Å²) in [6, 6.07) is 0.870. The number of hydrogen-bond acceptors (Lipinski definition) is 22. The number of nitrogens with zero attached hydrogens (tertiary/aromatic N) is 7. The van der Waals surface area contributed by atoms with E-state index in [2.05, 4.69) is 39.3 Å². The second-order valence-corrected chi connectivity index (χ2v) is 23.2. The highest BCUT2D eigenvalue weighted by Crippen LogP contribution is 2.61. The number of phosphoric ester groups is 3. The number of hydrogen-bond donors (Lipinski definition) is 9. The lowest BCUT2D eigenvalue weighted by molar-refractivity contribution is -0.137. The van der Waals surface area contributed by atoms with Crippen molar-refractivity contribution in [1.29, 1.82) is 0 Å². The Morgan fingerprint density at radius 2 is 1.73 bits per heavy atom. The number of aromatic nitrogens is 5. The molecule has 0 aliphatic carbocycles. The van der Waals surface area contributed by atoms with Gasteiger partial charge in [-0.1, -0.05) is 25.6 Å². The third-order valence-electron chi connectivity index (χ3n) is 11.9. The number of aliphatic hydroxyl groups is 2. The summed E-state index contributed by atoms with van der Waals surface area (Å²) in [5.74, 6) is -1.99. The number of pyridine rings is 1. The van der Waals surface area contributed by atoms with Gasteiger partial charge in [-0.3, -0.25) is 37.3 Å². The Morgan fingerprint density at radius 3 is 2.42 bits per heavy atom. The van der Waals surface area contributed by atoms with E-state index >= 15 is 4.39 Å². The van der Waals surface area contributed by atoms with Gasteiger partial charge in [-0.15, -0.1) is 0 Å². The van der Waals surface area contributed by atoms with Crippen molar-refractivity contribution in [3.63, 3.8) is 0 Å². The molecular formula is C39H54FN10O19P3S. The summed E-state index contributed by atoms with van der Waals surface area (Å²) < 4.78 is 86.1. The molecule has 0 bridgehead atoms. The van der Waals surface area contributed by atoms with Crippen LogP contribution in [0.2, 0.25) is 0 Å². The number of anilines is 2. The number of ether oxygens (including phenoxy) is 2. The number of aliphatic hydroxyl groups excluding tert-OH is 2. The number of amides is 2. The van der Waals surface area contributed by atoms with Crippen LogP contribution in [0.5, 0.6) is 5.75 Å². The van der Waals surface area contributed by atoms with Crippen molar-refractivity contribution >= 4 is 85.7 Å². The summed E-state index contributed by atoms with van der Waals surface area (Å²) in [5.41, 5.74) is 4.04. The van der Waals surface area contributed by atoms with Gasteiger partial charge >= 0.3 is 23.5 Å². The maximum Gasteiger partial charge on any atom is 0.481 e. The zero-order chi connectivity index (χ0) is 53.4. The average Bonchev–Trinajstić information content (AvgIpc) is 3.88. The monoisotopic (exact) mass is 1110 g/mol. The molecule has 2 amide bonds. The highest BCUT2D eigenvalue weighted by Gasteiger charge is 2.50. The van der Waals surface area contributed by atoms with Crippen molar-refractivity contribution < 1.29 is 89.6 Å². The smallest absolute Gasteiger partial charge is 0.481 e. The SMILES string of the molecule is CC1COc2c(N3CCN(C)CC3)c(F)cc3c(=O)c(C(=O)SCCNC(=O)CCNC(=O)C(O)C(C)(C)COP(=O)(O)OP(=O)(O)OCC4OC(n5cnc6c(N)ncnc65)C(O)C4OP(=O)(O)O)cn1c23. The number of halogens is 1. The fraction of sp³-hybridized carbons (Fsp3) is 0.564. The largest absolute Gasteiger partial charge is 0.487 e. The molecular weight excluding hydrogens is 1060 g/mol. The van der Waals surface area contributed by atoms with E-state index in [9.17, 15) is 62.7 Å².